The molecule has 1 aromatic heterocycles. The lowest BCUT2D eigenvalue weighted by Gasteiger charge is -2.13. The third kappa shape index (κ3) is 2.12. The highest BCUT2D eigenvalue weighted by molar-refractivity contribution is 5.93. The Bertz CT molecular complexity index is 374. The highest BCUT2D eigenvalue weighted by Crippen LogP contribution is 2.34. The van der Waals surface area contributed by atoms with Crippen molar-refractivity contribution in [2.75, 3.05) is 6.61 Å². The second-order valence-corrected chi connectivity index (χ2v) is 3.75. The number of carbonyl (C=O) groups excluding carboxylic acids is 1. The predicted molar refractivity (Wildman–Crippen MR) is 50.7 cm³/mol. The van der Waals surface area contributed by atoms with Crippen LogP contribution in [0.4, 0.5) is 4.39 Å². The first-order valence-electron chi connectivity index (χ1n) is 4.70. The molecule has 2 rings (SSSR count). The molecule has 0 atom stereocenters. The van der Waals surface area contributed by atoms with Crippen LogP contribution in [0, 0.1) is 5.82 Å². The van der Waals surface area contributed by atoms with Crippen LogP contribution in [0.1, 0.15) is 23.3 Å². The minimum absolute atomic E-state index is 0.0695. The van der Waals surface area contributed by atoms with E-state index >= 15 is 0 Å². The molecule has 4 nitrogen and oxygen atoms in total. The fraction of sp³-hybridized carbons (Fsp3) is 0.400. The van der Waals surface area contributed by atoms with Gasteiger partial charge in [-0.2, -0.15) is 0 Å². The lowest BCUT2D eigenvalue weighted by molar-refractivity contribution is 0.0901. The van der Waals surface area contributed by atoms with Crippen LogP contribution in [0.5, 0.6) is 0 Å². The van der Waals surface area contributed by atoms with Crippen molar-refractivity contribution in [2.45, 2.75) is 18.4 Å². The van der Waals surface area contributed by atoms with E-state index in [9.17, 15) is 9.18 Å². The van der Waals surface area contributed by atoms with Gasteiger partial charge in [-0.15, -0.1) is 0 Å². The van der Waals surface area contributed by atoms with Gasteiger partial charge < -0.3 is 10.4 Å². The zero-order valence-electron chi connectivity index (χ0n) is 8.03. The summed E-state index contributed by atoms with van der Waals surface area (Å²) in [5, 5.41) is 11.7. The van der Waals surface area contributed by atoms with Gasteiger partial charge in [0.15, 0.2) is 0 Å². The molecule has 1 saturated carbocycles. The number of rotatable bonds is 3. The summed E-state index contributed by atoms with van der Waals surface area (Å²) in [6.07, 6.45) is 2.54. The summed E-state index contributed by atoms with van der Waals surface area (Å²) in [4.78, 5) is 15.2. The maximum Gasteiger partial charge on any atom is 0.270 e. The molecule has 0 aliphatic heterocycles. The van der Waals surface area contributed by atoms with Gasteiger partial charge in [0.05, 0.1) is 18.3 Å². The molecule has 1 aromatic rings. The van der Waals surface area contributed by atoms with E-state index in [1.54, 1.807) is 0 Å². The van der Waals surface area contributed by atoms with E-state index in [0.717, 1.165) is 19.0 Å². The number of nitrogens with one attached hydrogen (secondary N) is 1. The molecule has 15 heavy (non-hydrogen) atoms. The van der Waals surface area contributed by atoms with Crippen molar-refractivity contribution < 1.29 is 14.3 Å². The molecular weight excluding hydrogens is 199 g/mol. The van der Waals surface area contributed by atoms with Gasteiger partial charge in [-0.3, -0.25) is 4.79 Å². The standard InChI is InChI=1S/C10H11FN2O2/c11-7-1-2-8(12-5-7)9(15)13-10(6-14)3-4-10/h1-2,5,14H,3-4,6H2,(H,13,15). The zero-order chi connectivity index (χ0) is 10.9. The maximum absolute atomic E-state index is 12.5. The highest BCUT2D eigenvalue weighted by Gasteiger charge is 2.43. The lowest BCUT2D eigenvalue weighted by Crippen LogP contribution is -2.39. The molecule has 1 aliphatic rings. The number of hydrogen-bond acceptors (Lipinski definition) is 3. The normalized spacial score (nSPS) is 17.2. The SMILES string of the molecule is O=C(NC1(CO)CC1)c1ccc(F)cn1. The van der Waals surface area contributed by atoms with Crippen LogP contribution in [0.2, 0.25) is 0 Å². The summed E-state index contributed by atoms with van der Waals surface area (Å²) in [6.45, 7) is -0.0695. The van der Waals surface area contributed by atoms with Gasteiger partial charge in [-0.25, -0.2) is 9.37 Å². The third-order valence-corrected chi connectivity index (χ3v) is 2.49. The second-order valence-electron chi connectivity index (χ2n) is 3.75. The first-order chi connectivity index (χ1) is 7.15. The van der Waals surface area contributed by atoms with Crippen molar-refractivity contribution in [3.63, 3.8) is 0 Å². The minimum atomic E-state index is -0.477. The Balaban J connectivity index is 2.05. The topological polar surface area (TPSA) is 62.2 Å². The summed E-state index contributed by atoms with van der Waals surface area (Å²) in [7, 11) is 0. The number of aliphatic hydroxyl groups is 1. The van der Waals surface area contributed by atoms with Gasteiger partial charge in [-0.05, 0) is 25.0 Å². The van der Waals surface area contributed by atoms with Crippen molar-refractivity contribution in [3.05, 3.63) is 29.8 Å². The highest BCUT2D eigenvalue weighted by atomic mass is 19.1. The van der Waals surface area contributed by atoms with Crippen molar-refractivity contribution in [2.24, 2.45) is 0 Å². The van der Waals surface area contributed by atoms with Crippen molar-refractivity contribution in [3.8, 4) is 0 Å². The number of amides is 1. The van der Waals surface area contributed by atoms with Crippen molar-refractivity contribution >= 4 is 5.91 Å². The van der Waals surface area contributed by atoms with Crippen molar-refractivity contribution in [1.82, 2.24) is 10.3 Å². The van der Waals surface area contributed by atoms with E-state index in [1.165, 1.54) is 12.1 Å². The van der Waals surface area contributed by atoms with Gasteiger partial charge >= 0.3 is 0 Å². The molecule has 0 aromatic carbocycles. The first kappa shape index (κ1) is 10.0. The van der Waals surface area contributed by atoms with Crippen LogP contribution in [0.15, 0.2) is 18.3 Å². The summed E-state index contributed by atoms with van der Waals surface area (Å²) < 4.78 is 12.5. The summed E-state index contributed by atoms with van der Waals surface area (Å²) in [5.41, 5.74) is -0.302. The predicted octanol–water partition coefficient (Wildman–Crippen LogP) is 0.475. The van der Waals surface area contributed by atoms with Gasteiger partial charge in [0.1, 0.15) is 11.5 Å². The average Bonchev–Trinajstić information content (AvgIpc) is 2.99. The zero-order valence-corrected chi connectivity index (χ0v) is 8.03. The van der Waals surface area contributed by atoms with Gasteiger partial charge in [0.25, 0.3) is 5.91 Å². The Labute approximate surface area is 86.1 Å². The molecule has 5 heteroatoms. The minimum Gasteiger partial charge on any atom is -0.394 e. The number of aliphatic hydroxyl groups excluding tert-OH is 1. The Kier molecular flexibility index (Phi) is 2.40. The first-order valence-corrected chi connectivity index (χ1v) is 4.70. The molecular formula is C10H11FN2O2. The average molecular weight is 210 g/mol. The van der Waals surface area contributed by atoms with Crippen LogP contribution < -0.4 is 5.32 Å². The summed E-state index contributed by atoms with van der Waals surface area (Å²) in [5.74, 6) is -0.851. The van der Waals surface area contributed by atoms with Gasteiger partial charge in [0.2, 0.25) is 0 Å². The Morgan fingerprint density at radius 2 is 2.33 bits per heavy atom. The van der Waals surface area contributed by atoms with E-state index in [-0.39, 0.29) is 18.2 Å². The summed E-state index contributed by atoms with van der Waals surface area (Å²) >= 11 is 0. The molecule has 0 spiro atoms. The van der Waals surface area contributed by atoms with Crippen LogP contribution in [0.25, 0.3) is 0 Å². The molecule has 2 N–H and O–H groups in total. The molecule has 0 saturated heterocycles. The number of aromatic nitrogens is 1. The maximum atomic E-state index is 12.5. The Hall–Kier alpha value is -1.49. The van der Waals surface area contributed by atoms with E-state index in [0.29, 0.717) is 0 Å². The molecule has 80 valence electrons. The summed E-state index contributed by atoms with van der Waals surface area (Å²) in [6, 6.07) is 2.50. The third-order valence-electron chi connectivity index (χ3n) is 2.49. The van der Waals surface area contributed by atoms with Gasteiger partial charge in [0, 0.05) is 0 Å². The van der Waals surface area contributed by atoms with E-state index in [1.807, 2.05) is 0 Å². The smallest absolute Gasteiger partial charge is 0.270 e. The number of halogens is 1. The van der Waals surface area contributed by atoms with E-state index < -0.39 is 11.4 Å². The number of carbonyl (C=O) groups is 1. The molecule has 0 unspecified atom stereocenters. The number of pyridine rings is 1. The lowest BCUT2D eigenvalue weighted by atomic mass is 10.2. The quantitative estimate of drug-likeness (QED) is 0.762. The number of hydrogen-bond donors (Lipinski definition) is 2. The largest absolute Gasteiger partial charge is 0.394 e. The number of nitrogens with zero attached hydrogens (tertiary/aromatic N) is 1. The van der Waals surface area contributed by atoms with Crippen LogP contribution in [0.3, 0.4) is 0 Å². The van der Waals surface area contributed by atoms with E-state index in [4.69, 9.17) is 5.11 Å². The second kappa shape index (κ2) is 3.58. The van der Waals surface area contributed by atoms with Crippen molar-refractivity contribution in [1.29, 1.82) is 0 Å². The molecule has 1 fully saturated rings. The monoisotopic (exact) mass is 210 g/mol. The molecule has 0 bridgehead atoms. The van der Waals surface area contributed by atoms with E-state index in [2.05, 4.69) is 10.3 Å². The fourth-order valence-corrected chi connectivity index (χ4v) is 1.29. The molecule has 1 amide bonds. The Morgan fingerprint density at radius 3 is 2.80 bits per heavy atom. The van der Waals surface area contributed by atoms with Crippen LogP contribution >= 0.6 is 0 Å². The fourth-order valence-electron chi connectivity index (χ4n) is 1.29. The molecule has 1 aliphatic carbocycles. The van der Waals surface area contributed by atoms with Gasteiger partial charge in [-0.1, -0.05) is 0 Å². The molecule has 0 radical (unpaired) electrons. The van der Waals surface area contributed by atoms with Crippen LogP contribution in [-0.2, 0) is 0 Å². The molecule has 1 heterocycles. The van der Waals surface area contributed by atoms with Crippen LogP contribution in [-0.4, -0.2) is 28.1 Å². The Morgan fingerprint density at radius 1 is 1.60 bits per heavy atom.